The number of amides is 1. The molecule has 1 fully saturated rings. The predicted molar refractivity (Wildman–Crippen MR) is 117 cm³/mol. The maximum Gasteiger partial charge on any atom is 0.233 e. The van der Waals surface area contributed by atoms with Crippen LogP contribution in [-0.4, -0.2) is 82.3 Å². The summed E-state index contributed by atoms with van der Waals surface area (Å²) in [6.45, 7) is 4.97. The maximum absolute atomic E-state index is 12.9. The van der Waals surface area contributed by atoms with Gasteiger partial charge in [0.15, 0.2) is 0 Å². The van der Waals surface area contributed by atoms with Crippen LogP contribution in [0.15, 0.2) is 36.8 Å². The van der Waals surface area contributed by atoms with Crippen LogP contribution >= 0.6 is 0 Å². The highest BCUT2D eigenvalue weighted by molar-refractivity contribution is 7.89. The van der Waals surface area contributed by atoms with E-state index in [4.69, 9.17) is 0 Å². The third-order valence-corrected chi connectivity index (χ3v) is 6.83. The Morgan fingerprint density at radius 3 is 2.38 bits per heavy atom. The van der Waals surface area contributed by atoms with Crippen molar-refractivity contribution in [3.8, 4) is 0 Å². The van der Waals surface area contributed by atoms with Gasteiger partial charge in [0.25, 0.3) is 0 Å². The number of piperazine rings is 1. The number of anilines is 1. The summed E-state index contributed by atoms with van der Waals surface area (Å²) in [6, 6.07) is 3.87. The SMILES string of the molecule is CC(CS(=O)(=O)N1CCN(c2ccc(F)cn2)CC1)N(O)C=O.CCCc1ncccn1. The fourth-order valence-electron chi connectivity index (χ4n) is 3.02. The van der Waals surface area contributed by atoms with Gasteiger partial charge in [0, 0.05) is 45.0 Å². The molecule has 1 aliphatic heterocycles. The first-order chi connectivity index (χ1) is 15.3. The number of carbonyl (C=O) groups excluding carboxylic acids is 1. The summed E-state index contributed by atoms with van der Waals surface area (Å²) in [4.78, 5) is 24.4. The number of hydrogen-bond acceptors (Lipinski definition) is 8. The van der Waals surface area contributed by atoms with E-state index >= 15 is 0 Å². The first-order valence-corrected chi connectivity index (χ1v) is 11.9. The van der Waals surface area contributed by atoms with Crippen molar-refractivity contribution in [3.63, 3.8) is 0 Å². The Hall–Kier alpha value is -2.70. The summed E-state index contributed by atoms with van der Waals surface area (Å²) in [6.07, 6.45) is 6.95. The van der Waals surface area contributed by atoms with Gasteiger partial charge in [0.1, 0.15) is 17.5 Å². The number of nitrogens with zero attached hydrogens (tertiary/aromatic N) is 6. The summed E-state index contributed by atoms with van der Waals surface area (Å²) in [5.74, 6) is 0.767. The number of rotatable bonds is 8. The highest BCUT2D eigenvalue weighted by Gasteiger charge is 2.30. The zero-order chi connectivity index (χ0) is 23.6. The number of carbonyl (C=O) groups is 1. The zero-order valence-corrected chi connectivity index (χ0v) is 19.0. The molecule has 3 heterocycles. The Bertz CT molecular complexity index is 925. The lowest BCUT2D eigenvalue weighted by Gasteiger charge is -2.35. The van der Waals surface area contributed by atoms with Gasteiger partial charge >= 0.3 is 0 Å². The Kier molecular flexibility index (Phi) is 9.88. The first-order valence-electron chi connectivity index (χ1n) is 10.3. The predicted octanol–water partition coefficient (Wildman–Crippen LogP) is 1.34. The molecule has 2 aromatic rings. The summed E-state index contributed by atoms with van der Waals surface area (Å²) < 4.78 is 38.8. The van der Waals surface area contributed by atoms with Gasteiger partial charge in [0.2, 0.25) is 16.4 Å². The van der Waals surface area contributed by atoms with Gasteiger partial charge < -0.3 is 4.90 Å². The number of sulfonamides is 1. The van der Waals surface area contributed by atoms with Crippen LogP contribution in [0, 0.1) is 5.82 Å². The van der Waals surface area contributed by atoms with E-state index in [0.29, 0.717) is 24.0 Å². The largest absolute Gasteiger partial charge is 0.354 e. The fraction of sp³-hybridized carbons (Fsp3) is 0.500. The van der Waals surface area contributed by atoms with E-state index in [2.05, 4.69) is 21.9 Å². The summed E-state index contributed by atoms with van der Waals surface area (Å²) in [7, 11) is -3.58. The van der Waals surface area contributed by atoms with Crippen LogP contribution in [0.1, 0.15) is 26.1 Å². The fourth-order valence-corrected chi connectivity index (χ4v) is 4.72. The molecule has 1 atom stereocenters. The first kappa shape index (κ1) is 25.6. The number of pyridine rings is 1. The third-order valence-electron chi connectivity index (χ3n) is 4.77. The molecule has 3 rings (SSSR count). The van der Waals surface area contributed by atoms with Crippen molar-refractivity contribution >= 4 is 22.3 Å². The van der Waals surface area contributed by atoms with E-state index in [0.717, 1.165) is 24.9 Å². The molecule has 0 saturated carbocycles. The van der Waals surface area contributed by atoms with Gasteiger partial charge in [-0.3, -0.25) is 10.0 Å². The molecule has 10 nitrogen and oxygen atoms in total. The Morgan fingerprint density at radius 2 is 1.84 bits per heavy atom. The second-order valence-corrected chi connectivity index (χ2v) is 9.26. The van der Waals surface area contributed by atoms with E-state index in [1.807, 2.05) is 11.0 Å². The van der Waals surface area contributed by atoms with Crippen molar-refractivity contribution in [1.82, 2.24) is 24.3 Å². The number of aryl methyl sites for hydroxylation is 1. The normalized spacial score (nSPS) is 15.4. The van der Waals surface area contributed by atoms with Crippen molar-refractivity contribution < 1.29 is 22.8 Å². The number of hydrogen-bond donors (Lipinski definition) is 1. The molecule has 0 aromatic carbocycles. The topological polar surface area (TPSA) is 120 Å². The maximum atomic E-state index is 12.9. The van der Waals surface area contributed by atoms with Crippen LogP contribution in [0.2, 0.25) is 0 Å². The Morgan fingerprint density at radius 1 is 1.19 bits per heavy atom. The molecule has 1 saturated heterocycles. The molecule has 176 valence electrons. The van der Waals surface area contributed by atoms with Crippen LogP contribution < -0.4 is 4.90 Å². The molecule has 0 spiro atoms. The molecule has 32 heavy (non-hydrogen) atoms. The molecule has 1 N–H and O–H groups in total. The van der Waals surface area contributed by atoms with E-state index in [-0.39, 0.29) is 25.3 Å². The van der Waals surface area contributed by atoms with Gasteiger partial charge in [-0.1, -0.05) is 6.92 Å². The van der Waals surface area contributed by atoms with E-state index in [9.17, 15) is 22.8 Å². The summed E-state index contributed by atoms with van der Waals surface area (Å²) in [5, 5.41) is 9.58. The molecule has 2 aromatic heterocycles. The lowest BCUT2D eigenvalue weighted by Crippen LogP contribution is -2.51. The van der Waals surface area contributed by atoms with E-state index < -0.39 is 21.9 Å². The molecule has 0 aliphatic carbocycles. The molecule has 1 unspecified atom stereocenters. The highest BCUT2D eigenvalue weighted by Crippen LogP contribution is 2.16. The van der Waals surface area contributed by atoms with Crippen LogP contribution in [0.25, 0.3) is 0 Å². The lowest BCUT2D eigenvalue weighted by atomic mass is 10.3. The van der Waals surface area contributed by atoms with E-state index in [1.54, 1.807) is 18.5 Å². The molecule has 0 radical (unpaired) electrons. The van der Waals surface area contributed by atoms with Crippen molar-refractivity contribution in [3.05, 3.63) is 48.4 Å². The van der Waals surface area contributed by atoms with Crippen molar-refractivity contribution in [1.29, 1.82) is 0 Å². The number of aromatic nitrogens is 3. The Balaban J connectivity index is 0.000000336. The quantitative estimate of drug-likeness (QED) is 0.350. The van der Waals surface area contributed by atoms with Crippen molar-refractivity contribution in [2.75, 3.05) is 36.8 Å². The average molecular weight is 469 g/mol. The van der Waals surface area contributed by atoms with Crippen molar-refractivity contribution in [2.45, 2.75) is 32.7 Å². The molecule has 1 aliphatic rings. The van der Waals surface area contributed by atoms with Gasteiger partial charge in [-0.05, 0) is 31.5 Å². The minimum Gasteiger partial charge on any atom is -0.354 e. The van der Waals surface area contributed by atoms with Gasteiger partial charge in [-0.15, -0.1) is 0 Å². The van der Waals surface area contributed by atoms with Crippen molar-refractivity contribution in [2.24, 2.45) is 0 Å². The molecule has 0 bridgehead atoms. The lowest BCUT2D eigenvalue weighted by molar-refractivity contribution is -0.156. The van der Waals surface area contributed by atoms with Crippen LogP contribution in [0.4, 0.5) is 10.2 Å². The van der Waals surface area contributed by atoms with Crippen LogP contribution in [-0.2, 0) is 21.2 Å². The number of halogens is 1. The summed E-state index contributed by atoms with van der Waals surface area (Å²) in [5.41, 5.74) is 0. The minimum atomic E-state index is -3.58. The standard InChI is InChI=1S/C13H19FN4O4S.C7H10N2/c1-11(18(20)10-19)9-23(21,22)17-6-4-16(5-7-17)13-3-2-12(14)8-15-13;1-2-4-7-8-5-3-6-9-7/h2-3,8,10-11,20H,4-7,9H2,1H3;3,5-6H,2,4H2,1H3. The van der Waals surface area contributed by atoms with Crippen LogP contribution in [0.3, 0.4) is 0 Å². The van der Waals surface area contributed by atoms with Gasteiger partial charge in [-0.2, -0.15) is 4.31 Å². The molecule has 1 amide bonds. The van der Waals surface area contributed by atoms with Crippen LogP contribution in [0.5, 0.6) is 0 Å². The third kappa shape index (κ3) is 7.77. The smallest absolute Gasteiger partial charge is 0.233 e. The monoisotopic (exact) mass is 468 g/mol. The van der Waals surface area contributed by atoms with E-state index in [1.165, 1.54) is 17.3 Å². The average Bonchev–Trinajstić information content (AvgIpc) is 2.80. The number of hydroxylamine groups is 2. The second-order valence-electron chi connectivity index (χ2n) is 7.25. The minimum absolute atomic E-state index is 0.179. The highest BCUT2D eigenvalue weighted by atomic mass is 32.2. The molecular formula is C20H29FN6O4S. The Labute approximate surface area is 187 Å². The molecular weight excluding hydrogens is 439 g/mol. The molecule has 12 heteroatoms. The van der Waals surface area contributed by atoms with Gasteiger partial charge in [0.05, 0.1) is 18.0 Å². The zero-order valence-electron chi connectivity index (χ0n) is 18.2. The second kappa shape index (κ2) is 12.4. The van der Waals surface area contributed by atoms with Gasteiger partial charge in [-0.25, -0.2) is 32.8 Å². The summed E-state index contributed by atoms with van der Waals surface area (Å²) >= 11 is 0.